The van der Waals surface area contributed by atoms with Crippen LogP contribution in [0.2, 0.25) is 0 Å². The topological polar surface area (TPSA) is 79.0 Å². The maximum absolute atomic E-state index is 13.0. The molecule has 1 saturated heterocycles. The van der Waals surface area contributed by atoms with Gasteiger partial charge in [-0.25, -0.2) is 12.7 Å². The normalized spacial score (nSPS) is 17.5. The Labute approximate surface area is 178 Å². The van der Waals surface area contributed by atoms with E-state index >= 15 is 0 Å². The molecule has 0 bridgehead atoms. The number of nitrogens with zero attached hydrogens (tertiary/aromatic N) is 2. The van der Waals surface area contributed by atoms with Gasteiger partial charge in [0, 0.05) is 38.8 Å². The number of sulfonamides is 1. The number of ether oxygens (including phenoxy) is 1. The highest BCUT2D eigenvalue weighted by atomic mass is 32.2. The molecule has 2 aromatic carbocycles. The molecular weight excluding hydrogens is 402 g/mol. The molecule has 1 amide bonds. The van der Waals surface area contributed by atoms with E-state index < -0.39 is 10.0 Å². The lowest BCUT2D eigenvalue weighted by atomic mass is 9.97. The lowest BCUT2D eigenvalue weighted by Gasteiger charge is -2.38. The zero-order chi connectivity index (χ0) is 21.7. The quantitative estimate of drug-likeness (QED) is 0.727. The molecule has 2 aromatic rings. The summed E-state index contributed by atoms with van der Waals surface area (Å²) in [4.78, 5) is 15.4. The minimum Gasteiger partial charge on any atom is -0.379 e. The first kappa shape index (κ1) is 22.4. The predicted octanol–water partition coefficient (Wildman–Crippen LogP) is 2.13. The molecule has 1 heterocycles. The van der Waals surface area contributed by atoms with Crippen LogP contribution in [0.1, 0.15) is 28.9 Å². The molecule has 1 aliphatic heterocycles. The van der Waals surface area contributed by atoms with Crippen LogP contribution in [0, 0.1) is 0 Å². The molecule has 8 heteroatoms. The highest BCUT2D eigenvalue weighted by Crippen LogP contribution is 2.26. The fourth-order valence-corrected chi connectivity index (χ4v) is 4.65. The molecule has 0 aliphatic carbocycles. The van der Waals surface area contributed by atoms with Crippen LogP contribution >= 0.6 is 0 Å². The Kier molecular flexibility index (Phi) is 7.25. The second-order valence-corrected chi connectivity index (χ2v) is 9.73. The summed E-state index contributed by atoms with van der Waals surface area (Å²) in [7, 11) is -0.668. The monoisotopic (exact) mass is 431 g/mol. The summed E-state index contributed by atoms with van der Waals surface area (Å²) in [6.45, 7) is 4.88. The van der Waals surface area contributed by atoms with Gasteiger partial charge in [-0.15, -0.1) is 0 Å². The highest BCUT2D eigenvalue weighted by molar-refractivity contribution is 7.89. The number of nitrogens with one attached hydrogen (secondary N) is 1. The number of carbonyl (C=O) groups is 1. The van der Waals surface area contributed by atoms with E-state index in [9.17, 15) is 13.2 Å². The van der Waals surface area contributed by atoms with Crippen LogP contribution in [0.5, 0.6) is 0 Å². The number of morpholine rings is 1. The molecule has 0 unspecified atom stereocenters. The molecule has 0 aromatic heterocycles. The molecule has 7 nitrogen and oxygen atoms in total. The smallest absolute Gasteiger partial charge is 0.251 e. The van der Waals surface area contributed by atoms with E-state index in [0.717, 1.165) is 23.0 Å². The Hall–Kier alpha value is -2.26. The summed E-state index contributed by atoms with van der Waals surface area (Å²) < 4.78 is 31.4. The van der Waals surface area contributed by atoms with Crippen molar-refractivity contribution in [1.29, 1.82) is 0 Å². The minimum atomic E-state index is -3.61. The molecule has 162 valence electrons. The molecule has 0 spiro atoms. The van der Waals surface area contributed by atoms with Crippen molar-refractivity contribution in [2.75, 3.05) is 40.4 Å². The van der Waals surface area contributed by atoms with Gasteiger partial charge in [-0.05, 0) is 30.7 Å². The van der Waals surface area contributed by atoms with Crippen LogP contribution in [0.15, 0.2) is 59.5 Å². The van der Waals surface area contributed by atoms with Crippen molar-refractivity contribution in [2.45, 2.75) is 23.9 Å². The maximum Gasteiger partial charge on any atom is 0.251 e. The zero-order valence-electron chi connectivity index (χ0n) is 17.6. The van der Waals surface area contributed by atoms with Crippen molar-refractivity contribution in [2.24, 2.45) is 0 Å². The summed E-state index contributed by atoms with van der Waals surface area (Å²) >= 11 is 0. The average molecular weight is 432 g/mol. The van der Waals surface area contributed by atoms with E-state index in [4.69, 9.17) is 4.74 Å². The molecule has 0 saturated carbocycles. The van der Waals surface area contributed by atoms with Gasteiger partial charge in [-0.3, -0.25) is 9.69 Å². The van der Waals surface area contributed by atoms with Crippen molar-refractivity contribution in [3.63, 3.8) is 0 Å². The second-order valence-electron chi connectivity index (χ2n) is 7.58. The van der Waals surface area contributed by atoms with Crippen LogP contribution in [-0.4, -0.2) is 70.0 Å². The van der Waals surface area contributed by atoms with Crippen LogP contribution in [0.25, 0.3) is 0 Å². The Morgan fingerprint density at radius 1 is 1.07 bits per heavy atom. The van der Waals surface area contributed by atoms with E-state index in [0.29, 0.717) is 18.8 Å². The maximum atomic E-state index is 13.0. The molecular formula is C22H29N3O4S. The van der Waals surface area contributed by atoms with Crippen molar-refractivity contribution < 1.29 is 17.9 Å². The third-order valence-corrected chi connectivity index (χ3v) is 7.10. The molecule has 1 fully saturated rings. The summed E-state index contributed by atoms with van der Waals surface area (Å²) in [5, 5.41) is 3.07. The van der Waals surface area contributed by atoms with Crippen molar-refractivity contribution in [3.8, 4) is 0 Å². The summed E-state index contributed by atoms with van der Waals surface area (Å²) in [5.74, 6) is -0.299. The molecule has 1 aliphatic rings. The molecule has 3 rings (SSSR count). The van der Waals surface area contributed by atoms with E-state index in [1.165, 1.54) is 26.2 Å². The average Bonchev–Trinajstić information content (AvgIpc) is 2.75. The van der Waals surface area contributed by atoms with Crippen LogP contribution in [0.4, 0.5) is 0 Å². The van der Waals surface area contributed by atoms with Gasteiger partial charge < -0.3 is 10.1 Å². The van der Waals surface area contributed by atoms with Gasteiger partial charge in [-0.1, -0.05) is 36.4 Å². The predicted molar refractivity (Wildman–Crippen MR) is 116 cm³/mol. The number of carbonyl (C=O) groups excluding carboxylic acids is 1. The van der Waals surface area contributed by atoms with E-state index in [-0.39, 0.29) is 22.9 Å². The molecule has 1 N–H and O–H groups in total. The summed E-state index contributed by atoms with van der Waals surface area (Å²) in [5.41, 5.74) is 1.44. The van der Waals surface area contributed by atoms with Crippen molar-refractivity contribution >= 4 is 15.9 Å². The lowest BCUT2D eigenvalue weighted by molar-refractivity contribution is 0.00888. The third kappa shape index (κ3) is 5.07. The number of rotatable bonds is 7. The number of benzene rings is 2. The largest absolute Gasteiger partial charge is 0.379 e. The lowest BCUT2D eigenvalue weighted by Crippen LogP contribution is -2.48. The third-order valence-electron chi connectivity index (χ3n) is 5.29. The van der Waals surface area contributed by atoms with Gasteiger partial charge >= 0.3 is 0 Å². The first-order chi connectivity index (χ1) is 14.3. The Bertz CT molecular complexity index is 957. The number of amides is 1. The van der Waals surface area contributed by atoms with Gasteiger partial charge in [0.25, 0.3) is 5.91 Å². The van der Waals surface area contributed by atoms with Crippen molar-refractivity contribution in [3.05, 3.63) is 65.7 Å². The summed E-state index contributed by atoms with van der Waals surface area (Å²) in [6, 6.07) is 16.0. The Morgan fingerprint density at radius 3 is 2.37 bits per heavy atom. The molecule has 30 heavy (non-hydrogen) atoms. The summed E-state index contributed by atoms with van der Waals surface area (Å²) in [6.07, 6.45) is 0. The van der Waals surface area contributed by atoms with Crippen LogP contribution in [-0.2, 0) is 14.8 Å². The van der Waals surface area contributed by atoms with Gasteiger partial charge in [0.2, 0.25) is 10.0 Å². The standard InChI is InChI=1S/C22H29N3O4S/c1-17(21(18-8-5-4-6-9-18)25-12-14-29-15-13-25)23-22(26)19-10-7-11-20(16-19)30(27,28)24(2)3/h4-11,16-17,21H,12-15H2,1-3H3,(H,23,26)/t17-,21-/m0/s1. The second kappa shape index (κ2) is 9.70. The van der Waals surface area contributed by atoms with Gasteiger partial charge in [0.15, 0.2) is 0 Å². The van der Waals surface area contributed by atoms with Gasteiger partial charge in [0.05, 0.1) is 24.2 Å². The highest BCUT2D eigenvalue weighted by Gasteiger charge is 2.29. The van der Waals surface area contributed by atoms with Gasteiger partial charge in [0.1, 0.15) is 0 Å². The molecule has 0 radical (unpaired) electrons. The van der Waals surface area contributed by atoms with Gasteiger partial charge in [-0.2, -0.15) is 0 Å². The van der Waals surface area contributed by atoms with Crippen LogP contribution < -0.4 is 5.32 Å². The van der Waals surface area contributed by atoms with E-state index in [1.54, 1.807) is 12.1 Å². The SMILES string of the molecule is C[C@H](NC(=O)c1cccc(S(=O)(=O)N(C)C)c1)[C@@H](c1ccccc1)N1CCOCC1. The number of hydrogen-bond donors (Lipinski definition) is 1. The first-order valence-electron chi connectivity index (χ1n) is 10.0. The van der Waals surface area contributed by atoms with E-state index in [1.807, 2.05) is 25.1 Å². The first-order valence-corrected chi connectivity index (χ1v) is 11.4. The Balaban J connectivity index is 1.82. The minimum absolute atomic E-state index is 0.00672. The molecule has 2 atom stereocenters. The fourth-order valence-electron chi connectivity index (χ4n) is 3.70. The van der Waals surface area contributed by atoms with Crippen LogP contribution in [0.3, 0.4) is 0 Å². The fraction of sp³-hybridized carbons (Fsp3) is 0.409. The van der Waals surface area contributed by atoms with Crippen molar-refractivity contribution in [1.82, 2.24) is 14.5 Å². The Morgan fingerprint density at radius 2 is 1.73 bits per heavy atom. The van der Waals surface area contributed by atoms with E-state index in [2.05, 4.69) is 22.3 Å². The number of hydrogen-bond acceptors (Lipinski definition) is 5. The zero-order valence-corrected chi connectivity index (χ0v) is 18.4.